The van der Waals surface area contributed by atoms with E-state index in [9.17, 15) is 9.59 Å². The van der Waals surface area contributed by atoms with Crippen LogP contribution >= 0.6 is 11.6 Å². The second kappa shape index (κ2) is 3.39. The Morgan fingerprint density at radius 1 is 1.60 bits per heavy atom. The average Bonchev–Trinajstić information content (AvgIpc) is 2.59. The van der Waals surface area contributed by atoms with Gasteiger partial charge in [-0.15, -0.1) is 11.6 Å². The van der Waals surface area contributed by atoms with E-state index in [1.807, 2.05) is 0 Å². The lowest BCUT2D eigenvalue weighted by atomic mass is 10.4. The van der Waals surface area contributed by atoms with Gasteiger partial charge < -0.3 is 10.1 Å². The molecule has 0 aromatic carbocycles. The SMILES string of the molecule is O=C(O)c1cc2[nH]c(=O)cc(CCl)n2n1. The van der Waals surface area contributed by atoms with Crippen molar-refractivity contribution in [2.75, 3.05) is 0 Å². The van der Waals surface area contributed by atoms with Gasteiger partial charge in [-0.25, -0.2) is 9.31 Å². The summed E-state index contributed by atoms with van der Waals surface area (Å²) in [7, 11) is 0. The zero-order chi connectivity index (χ0) is 11.0. The summed E-state index contributed by atoms with van der Waals surface area (Å²) in [6, 6.07) is 2.55. The molecule has 0 unspecified atom stereocenters. The number of carbonyl (C=O) groups is 1. The van der Waals surface area contributed by atoms with E-state index in [-0.39, 0.29) is 17.1 Å². The third kappa shape index (κ3) is 1.59. The zero-order valence-electron chi connectivity index (χ0n) is 7.40. The van der Waals surface area contributed by atoms with Crippen LogP contribution in [0.25, 0.3) is 5.65 Å². The number of aromatic amines is 1. The Morgan fingerprint density at radius 2 is 2.33 bits per heavy atom. The van der Waals surface area contributed by atoms with E-state index >= 15 is 0 Å². The van der Waals surface area contributed by atoms with E-state index < -0.39 is 5.97 Å². The molecule has 0 spiro atoms. The van der Waals surface area contributed by atoms with Crippen LogP contribution in [0.1, 0.15) is 16.2 Å². The molecule has 2 aromatic heterocycles. The molecule has 0 saturated heterocycles. The minimum absolute atomic E-state index is 0.0845. The van der Waals surface area contributed by atoms with Gasteiger partial charge in [0, 0.05) is 12.1 Å². The van der Waals surface area contributed by atoms with Crippen LogP contribution in [0.2, 0.25) is 0 Å². The smallest absolute Gasteiger partial charge is 0.356 e. The highest BCUT2D eigenvalue weighted by Gasteiger charge is 2.11. The summed E-state index contributed by atoms with van der Waals surface area (Å²) in [4.78, 5) is 24.3. The number of aromatic nitrogens is 3. The van der Waals surface area contributed by atoms with Gasteiger partial charge in [0.05, 0.1) is 11.6 Å². The van der Waals surface area contributed by atoms with E-state index in [0.29, 0.717) is 11.3 Å². The third-order valence-corrected chi connectivity index (χ3v) is 2.16. The average molecular weight is 228 g/mol. The molecule has 7 heteroatoms. The maximum Gasteiger partial charge on any atom is 0.356 e. The Hall–Kier alpha value is -1.82. The van der Waals surface area contributed by atoms with Crippen LogP contribution in [0.5, 0.6) is 0 Å². The summed E-state index contributed by atoms with van der Waals surface area (Å²) >= 11 is 5.61. The highest BCUT2D eigenvalue weighted by molar-refractivity contribution is 6.16. The Labute approximate surface area is 88.1 Å². The fraction of sp³-hybridized carbons (Fsp3) is 0.125. The van der Waals surface area contributed by atoms with Crippen molar-refractivity contribution < 1.29 is 9.90 Å². The number of rotatable bonds is 2. The molecule has 0 aliphatic heterocycles. The largest absolute Gasteiger partial charge is 0.476 e. The molecular formula is C8H6ClN3O3. The zero-order valence-corrected chi connectivity index (χ0v) is 8.15. The Bertz CT molecular complexity index is 586. The van der Waals surface area contributed by atoms with Crippen molar-refractivity contribution in [2.24, 2.45) is 0 Å². The lowest BCUT2D eigenvalue weighted by molar-refractivity contribution is 0.0690. The van der Waals surface area contributed by atoms with Crippen molar-refractivity contribution in [3.63, 3.8) is 0 Å². The van der Waals surface area contributed by atoms with Crippen molar-refractivity contribution in [3.8, 4) is 0 Å². The highest BCUT2D eigenvalue weighted by Crippen LogP contribution is 2.07. The van der Waals surface area contributed by atoms with E-state index in [1.165, 1.54) is 16.6 Å². The monoisotopic (exact) mass is 227 g/mol. The number of aromatic carboxylic acids is 1. The molecule has 0 aliphatic rings. The number of fused-ring (bicyclic) bond motifs is 1. The maximum absolute atomic E-state index is 11.1. The summed E-state index contributed by atoms with van der Waals surface area (Å²) < 4.78 is 1.30. The summed E-state index contributed by atoms with van der Waals surface area (Å²) in [5.74, 6) is -1.07. The Kier molecular flexibility index (Phi) is 2.20. The van der Waals surface area contributed by atoms with Gasteiger partial charge in [0.25, 0.3) is 5.56 Å². The molecule has 2 aromatic rings. The number of halogens is 1. The van der Waals surface area contributed by atoms with Gasteiger partial charge in [-0.2, -0.15) is 5.10 Å². The Morgan fingerprint density at radius 3 is 2.93 bits per heavy atom. The molecule has 6 nitrogen and oxygen atoms in total. The van der Waals surface area contributed by atoms with Crippen molar-refractivity contribution in [1.29, 1.82) is 0 Å². The fourth-order valence-electron chi connectivity index (χ4n) is 1.26. The van der Waals surface area contributed by atoms with Crippen molar-refractivity contribution in [2.45, 2.75) is 5.88 Å². The first-order valence-electron chi connectivity index (χ1n) is 4.03. The Balaban J connectivity index is 2.79. The van der Waals surface area contributed by atoms with Crippen LogP contribution in [0.15, 0.2) is 16.9 Å². The molecule has 2 heterocycles. The number of hydrogen-bond donors (Lipinski definition) is 2. The van der Waals surface area contributed by atoms with E-state index in [1.54, 1.807) is 0 Å². The number of nitrogens with one attached hydrogen (secondary N) is 1. The second-order valence-electron chi connectivity index (χ2n) is 2.89. The van der Waals surface area contributed by atoms with Crippen LogP contribution in [-0.2, 0) is 5.88 Å². The number of carboxylic acids is 1. The van der Waals surface area contributed by atoms with E-state index in [2.05, 4.69) is 10.1 Å². The third-order valence-electron chi connectivity index (χ3n) is 1.89. The molecule has 0 atom stereocenters. The molecule has 0 fully saturated rings. The predicted octanol–water partition coefficient (Wildman–Crippen LogP) is 0.460. The molecule has 0 saturated carbocycles. The van der Waals surface area contributed by atoms with Crippen molar-refractivity contribution in [1.82, 2.24) is 14.6 Å². The molecule has 15 heavy (non-hydrogen) atoms. The van der Waals surface area contributed by atoms with Crippen molar-refractivity contribution >= 4 is 23.2 Å². The lowest BCUT2D eigenvalue weighted by Gasteiger charge is -1.98. The predicted molar refractivity (Wildman–Crippen MR) is 52.3 cm³/mol. The van der Waals surface area contributed by atoms with Crippen LogP contribution in [0.3, 0.4) is 0 Å². The second-order valence-corrected chi connectivity index (χ2v) is 3.16. The lowest BCUT2D eigenvalue weighted by Crippen LogP contribution is -2.10. The number of nitrogens with zero attached hydrogens (tertiary/aromatic N) is 2. The minimum atomic E-state index is -1.15. The van der Waals surface area contributed by atoms with Gasteiger partial charge in [0.15, 0.2) is 5.69 Å². The van der Waals surface area contributed by atoms with Crippen molar-refractivity contribution in [3.05, 3.63) is 33.9 Å². The first-order chi connectivity index (χ1) is 7.11. The summed E-state index contributed by atoms with van der Waals surface area (Å²) in [5.41, 5.74) is 0.289. The van der Waals surface area contributed by atoms with Gasteiger partial charge in [0.2, 0.25) is 0 Å². The van der Waals surface area contributed by atoms with Gasteiger partial charge in [-0.1, -0.05) is 0 Å². The number of H-pyrrole nitrogens is 1. The molecule has 2 rings (SSSR count). The minimum Gasteiger partial charge on any atom is -0.476 e. The first-order valence-corrected chi connectivity index (χ1v) is 4.56. The van der Waals surface area contributed by atoms with E-state index in [4.69, 9.17) is 16.7 Å². The van der Waals surface area contributed by atoms with Crippen LogP contribution in [0.4, 0.5) is 0 Å². The number of hydrogen-bond acceptors (Lipinski definition) is 3. The summed E-state index contributed by atoms with van der Waals surface area (Å²) in [6.45, 7) is 0. The summed E-state index contributed by atoms with van der Waals surface area (Å²) in [5, 5.41) is 12.5. The fourth-order valence-corrected chi connectivity index (χ4v) is 1.45. The topological polar surface area (TPSA) is 87.5 Å². The van der Waals surface area contributed by atoms with Gasteiger partial charge >= 0.3 is 5.97 Å². The van der Waals surface area contributed by atoms with Gasteiger partial charge in [-0.05, 0) is 0 Å². The molecule has 0 radical (unpaired) electrons. The van der Waals surface area contributed by atoms with Crippen LogP contribution < -0.4 is 5.56 Å². The van der Waals surface area contributed by atoms with Crippen LogP contribution in [0, 0.1) is 0 Å². The maximum atomic E-state index is 11.1. The molecular weight excluding hydrogens is 222 g/mol. The highest BCUT2D eigenvalue weighted by atomic mass is 35.5. The number of alkyl halides is 1. The quantitative estimate of drug-likeness (QED) is 0.730. The first kappa shape index (κ1) is 9.72. The molecule has 0 bridgehead atoms. The molecule has 0 amide bonds. The van der Waals surface area contributed by atoms with Gasteiger partial charge in [0.1, 0.15) is 5.65 Å². The molecule has 0 aliphatic carbocycles. The summed E-state index contributed by atoms with van der Waals surface area (Å²) in [6.07, 6.45) is 0. The standard InChI is InChI=1S/C8H6ClN3O3/c9-3-4-1-7(13)10-6-2-5(8(14)15)11-12(4)6/h1-2H,3H2,(H,10,13)(H,14,15). The van der Waals surface area contributed by atoms with E-state index in [0.717, 1.165) is 0 Å². The molecule has 2 N–H and O–H groups in total. The molecule has 78 valence electrons. The van der Waals surface area contributed by atoms with Gasteiger partial charge in [-0.3, -0.25) is 4.79 Å². The van der Waals surface area contributed by atoms with Crippen LogP contribution in [-0.4, -0.2) is 25.7 Å². The normalized spacial score (nSPS) is 10.7. The number of carboxylic acid groups (broad SMARTS) is 1.